The SMILES string of the molecule is C=C(c1ccc(CC(C)(C)S)cc1C)N(C)CC1CCC2C3CCC4CC(CC)CCC4C3CCC12C. The van der Waals surface area contributed by atoms with E-state index in [9.17, 15) is 0 Å². The minimum absolute atomic E-state index is 0.0172. The molecule has 0 amide bonds. The van der Waals surface area contributed by atoms with Crippen LogP contribution < -0.4 is 0 Å². The monoisotopic (exact) mass is 521 g/mol. The topological polar surface area (TPSA) is 3.24 Å². The van der Waals surface area contributed by atoms with E-state index in [1.165, 1.54) is 73.8 Å². The number of benzene rings is 1. The predicted octanol–water partition coefficient (Wildman–Crippen LogP) is 9.44. The van der Waals surface area contributed by atoms with Crippen molar-refractivity contribution in [2.75, 3.05) is 13.6 Å². The van der Waals surface area contributed by atoms with E-state index in [1.54, 1.807) is 12.8 Å². The van der Waals surface area contributed by atoms with Crippen molar-refractivity contribution in [2.45, 2.75) is 110 Å². The lowest BCUT2D eigenvalue weighted by atomic mass is 9.49. The van der Waals surface area contributed by atoms with Gasteiger partial charge in [-0.15, -0.1) is 0 Å². The Kier molecular flexibility index (Phi) is 7.92. The fourth-order valence-corrected chi connectivity index (χ4v) is 10.2. The van der Waals surface area contributed by atoms with E-state index in [0.717, 1.165) is 54.4 Å². The molecule has 4 saturated carbocycles. The molecular formula is C35H55NS. The summed E-state index contributed by atoms with van der Waals surface area (Å²) in [5.41, 5.74) is 5.76. The van der Waals surface area contributed by atoms with Gasteiger partial charge < -0.3 is 4.90 Å². The zero-order chi connectivity index (χ0) is 26.5. The molecule has 1 aromatic rings. The first-order chi connectivity index (χ1) is 17.5. The Labute approximate surface area is 234 Å². The Morgan fingerprint density at radius 3 is 2.51 bits per heavy atom. The summed E-state index contributed by atoms with van der Waals surface area (Å²) in [6.07, 6.45) is 16.0. The van der Waals surface area contributed by atoms with Gasteiger partial charge in [-0.25, -0.2) is 0 Å². The lowest BCUT2D eigenvalue weighted by Gasteiger charge is -2.56. The van der Waals surface area contributed by atoms with Gasteiger partial charge >= 0.3 is 0 Å². The van der Waals surface area contributed by atoms with Crippen molar-refractivity contribution in [3.05, 3.63) is 41.5 Å². The second kappa shape index (κ2) is 10.6. The molecule has 0 aromatic heterocycles. The third kappa shape index (κ3) is 5.44. The van der Waals surface area contributed by atoms with Crippen LogP contribution in [-0.4, -0.2) is 23.2 Å². The Balaban J connectivity index is 1.24. The van der Waals surface area contributed by atoms with Crippen molar-refractivity contribution >= 4 is 18.3 Å². The lowest BCUT2D eigenvalue weighted by molar-refractivity contribution is -0.0694. The lowest BCUT2D eigenvalue weighted by Crippen LogP contribution is -2.49. The molecule has 206 valence electrons. The van der Waals surface area contributed by atoms with Gasteiger partial charge in [-0.3, -0.25) is 0 Å². The third-order valence-electron chi connectivity index (χ3n) is 12.0. The molecular weight excluding hydrogens is 466 g/mol. The van der Waals surface area contributed by atoms with Crippen LogP contribution in [0.25, 0.3) is 5.70 Å². The van der Waals surface area contributed by atoms with Crippen LogP contribution in [0.5, 0.6) is 0 Å². The molecule has 5 rings (SSSR count). The molecule has 0 bridgehead atoms. The maximum Gasteiger partial charge on any atom is 0.0366 e. The van der Waals surface area contributed by atoms with Gasteiger partial charge in [0.25, 0.3) is 0 Å². The van der Waals surface area contributed by atoms with Gasteiger partial charge in [-0.05, 0) is 123 Å². The van der Waals surface area contributed by atoms with Gasteiger partial charge in [0.05, 0.1) is 0 Å². The van der Waals surface area contributed by atoms with E-state index in [4.69, 9.17) is 12.6 Å². The number of thiol groups is 1. The molecule has 0 heterocycles. The van der Waals surface area contributed by atoms with Crippen LogP contribution in [0.2, 0.25) is 0 Å². The van der Waals surface area contributed by atoms with E-state index < -0.39 is 0 Å². The second-order valence-corrected chi connectivity index (χ2v) is 16.0. The van der Waals surface area contributed by atoms with Crippen molar-refractivity contribution in [2.24, 2.45) is 46.8 Å². The largest absolute Gasteiger partial charge is 0.374 e. The van der Waals surface area contributed by atoms with E-state index >= 15 is 0 Å². The third-order valence-corrected chi connectivity index (χ3v) is 12.2. The van der Waals surface area contributed by atoms with Gasteiger partial charge in [-0.2, -0.15) is 12.6 Å². The van der Waals surface area contributed by atoms with E-state index in [1.807, 2.05) is 0 Å². The van der Waals surface area contributed by atoms with E-state index in [0.29, 0.717) is 5.41 Å². The van der Waals surface area contributed by atoms with Crippen LogP contribution in [0.15, 0.2) is 24.8 Å². The minimum atomic E-state index is 0.0172. The highest BCUT2D eigenvalue weighted by Crippen LogP contribution is 2.64. The summed E-state index contributed by atoms with van der Waals surface area (Å²) in [4.78, 5) is 2.50. The van der Waals surface area contributed by atoms with Crippen LogP contribution >= 0.6 is 12.6 Å². The van der Waals surface area contributed by atoms with Crippen LogP contribution in [0, 0.1) is 53.8 Å². The molecule has 1 nitrogen and oxygen atoms in total. The molecule has 4 aliphatic rings. The standard InChI is InChI=1S/C35H55NS/c1-8-25-9-14-30-27(20-25)11-15-32-31(30)17-18-35(6)28(12-16-33(32)35)22-36(7)24(3)29-13-10-26(19-23(29)2)21-34(4,5)37/h10,13,19,25,27-28,30-33,37H,3,8-9,11-12,14-18,20-22H2,1-2,4-7H3. The van der Waals surface area contributed by atoms with E-state index in [2.05, 4.69) is 71.3 Å². The first-order valence-electron chi connectivity index (χ1n) is 15.7. The molecule has 8 unspecified atom stereocenters. The van der Waals surface area contributed by atoms with Crippen molar-refractivity contribution < 1.29 is 0 Å². The Bertz CT molecular complexity index is 974. The van der Waals surface area contributed by atoms with Gasteiger partial charge in [0.15, 0.2) is 0 Å². The van der Waals surface area contributed by atoms with Crippen LogP contribution in [0.4, 0.5) is 0 Å². The molecule has 4 fully saturated rings. The van der Waals surface area contributed by atoms with Crippen molar-refractivity contribution in [1.29, 1.82) is 0 Å². The Morgan fingerprint density at radius 2 is 1.81 bits per heavy atom. The smallest absolute Gasteiger partial charge is 0.0366 e. The summed E-state index contributed by atoms with van der Waals surface area (Å²) in [5.74, 6) is 6.98. The fourth-order valence-electron chi connectivity index (χ4n) is 10.0. The molecule has 1 aromatic carbocycles. The highest BCUT2D eigenvalue weighted by molar-refractivity contribution is 7.81. The minimum Gasteiger partial charge on any atom is -0.374 e. The average molecular weight is 522 g/mol. The summed E-state index contributed by atoms with van der Waals surface area (Å²) >= 11 is 4.74. The molecule has 2 heteroatoms. The van der Waals surface area contributed by atoms with Gasteiger partial charge in [-0.1, -0.05) is 65.3 Å². The molecule has 0 N–H and O–H groups in total. The zero-order valence-corrected chi connectivity index (χ0v) is 25.8. The summed E-state index contributed by atoms with van der Waals surface area (Å²) in [6.45, 7) is 17.5. The summed E-state index contributed by atoms with van der Waals surface area (Å²) in [6, 6.07) is 6.95. The molecule has 8 atom stereocenters. The number of rotatable bonds is 7. The fraction of sp³-hybridized carbons (Fsp3) is 0.771. The first-order valence-corrected chi connectivity index (χ1v) is 16.2. The number of nitrogens with zero attached hydrogens (tertiary/aromatic N) is 1. The maximum absolute atomic E-state index is 4.74. The second-order valence-electron chi connectivity index (χ2n) is 14.8. The molecule has 37 heavy (non-hydrogen) atoms. The zero-order valence-electron chi connectivity index (χ0n) is 24.9. The number of hydrogen-bond donors (Lipinski definition) is 1. The average Bonchev–Trinajstić information content (AvgIpc) is 3.18. The Hall–Kier alpha value is -0.890. The molecule has 0 spiro atoms. The molecule has 0 saturated heterocycles. The van der Waals surface area contributed by atoms with Crippen LogP contribution in [0.3, 0.4) is 0 Å². The summed E-state index contributed by atoms with van der Waals surface area (Å²) < 4.78 is 0.0172. The molecule has 0 aliphatic heterocycles. The number of aryl methyl sites for hydroxylation is 1. The summed E-state index contributed by atoms with van der Waals surface area (Å²) in [5, 5.41) is 0. The normalized spacial score (nSPS) is 37.4. The Morgan fingerprint density at radius 1 is 1.05 bits per heavy atom. The summed E-state index contributed by atoms with van der Waals surface area (Å²) in [7, 11) is 2.30. The first kappa shape index (κ1) is 27.7. The van der Waals surface area contributed by atoms with Gasteiger partial charge in [0.2, 0.25) is 0 Å². The quantitative estimate of drug-likeness (QED) is 0.350. The van der Waals surface area contributed by atoms with Crippen molar-refractivity contribution in [1.82, 2.24) is 4.90 Å². The molecule has 4 aliphatic carbocycles. The van der Waals surface area contributed by atoms with Crippen LogP contribution in [0.1, 0.15) is 109 Å². The maximum atomic E-state index is 4.74. The van der Waals surface area contributed by atoms with Crippen molar-refractivity contribution in [3.8, 4) is 0 Å². The predicted molar refractivity (Wildman–Crippen MR) is 164 cm³/mol. The number of fused-ring (bicyclic) bond motifs is 5. The van der Waals surface area contributed by atoms with Gasteiger partial charge in [0, 0.05) is 29.6 Å². The van der Waals surface area contributed by atoms with E-state index in [-0.39, 0.29) is 4.75 Å². The molecule has 0 radical (unpaired) electrons. The van der Waals surface area contributed by atoms with Crippen LogP contribution in [-0.2, 0) is 6.42 Å². The van der Waals surface area contributed by atoms with Crippen molar-refractivity contribution in [3.63, 3.8) is 0 Å². The number of hydrogen-bond acceptors (Lipinski definition) is 2. The highest BCUT2D eigenvalue weighted by Gasteiger charge is 2.56. The highest BCUT2D eigenvalue weighted by atomic mass is 32.1. The van der Waals surface area contributed by atoms with Gasteiger partial charge in [0.1, 0.15) is 0 Å².